The predicted octanol–water partition coefficient (Wildman–Crippen LogP) is 4.59. The average Bonchev–Trinajstić information content (AvgIpc) is 2.77. The monoisotopic (exact) mass is 395 g/mol. The van der Waals surface area contributed by atoms with Crippen molar-refractivity contribution in [1.29, 1.82) is 0 Å². The van der Waals surface area contributed by atoms with E-state index < -0.39 is 5.91 Å². The largest absolute Gasteiger partial charge is 0.270 e. The number of rotatable bonds is 3. The molecule has 0 aliphatic rings. The molecule has 0 fully saturated rings. The SMILES string of the molecule is Cc1ccc(C(=O)NNC(=O)c2cc(-c3ccccc3)nc3ccccc23)c(C)c1. The highest BCUT2D eigenvalue weighted by Gasteiger charge is 2.15. The zero-order valence-electron chi connectivity index (χ0n) is 16.8. The zero-order chi connectivity index (χ0) is 21.1. The van der Waals surface area contributed by atoms with E-state index in [-0.39, 0.29) is 5.91 Å². The molecule has 0 spiro atoms. The van der Waals surface area contributed by atoms with Crippen molar-refractivity contribution < 1.29 is 9.59 Å². The van der Waals surface area contributed by atoms with Gasteiger partial charge in [0, 0.05) is 16.5 Å². The van der Waals surface area contributed by atoms with Crippen molar-refractivity contribution in [1.82, 2.24) is 15.8 Å². The lowest BCUT2D eigenvalue weighted by molar-refractivity contribution is 0.0847. The van der Waals surface area contributed by atoms with Crippen LogP contribution >= 0.6 is 0 Å². The maximum Gasteiger partial charge on any atom is 0.270 e. The molecule has 30 heavy (non-hydrogen) atoms. The van der Waals surface area contributed by atoms with E-state index in [0.717, 1.165) is 22.1 Å². The Morgan fingerprint density at radius 3 is 2.13 bits per heavy atom. The summed E-state index contributed by atoms with van der Waals surface area (Å²) < 4.78 is 0. The second-order valence-electron chi connectivity index (χ2n) is 7.16. The van der Waals surface area contributed by atoms with Crippen LogP contribution in [0, 0.1) is 13.8 Å². The van der Waals surface area contributed by atoms with E-state index in [4.69, 9.17) is 0 Å². The molecular weight excluding hydrogens is 374 g/mol. The topological polar surface area (TPSA) is 71.1 Å². The number of aryl methyl sites for hydroxylation is 2. The summed E-state index contributed by atoms with van der Waals surface area (Å²) in [6, 6.07) is 24.4. The molecular formula is C25H21N3O2. The van der Waals surface area contributed by atoms with Crippen molar-refractivity contribution in [2.75, 3.05) is 0 Å². The fourth-order valence-electron chi connectivity index (χ4n) is 3.44. The van der Waals surface area contributed by atoms with E-state index in [0.29, 0.717) is 22.3 Å². The van der Waals surface area contributed by atoms with Crippen LogP contribution in [0.2, 0.25) is 0 Å². The maximum atomic E-state index is 13.0. The Hall–Kier alpha value is -3.99. The standard InChI is InChI=1S/C25H21N3O2/c1-16-12-13-19(17(2)14-16)24(29)27-28-25(30)21-15-23(18-8-4-3-5-9-18)26-22-11-7-6-10-20(21)22/h3-15H,1-2H3,(H,27,29)(H,28,30). The number of para-hydroxylation sites is 1. The fraction of sp³-hybridized carbons (Fsp3) is 0.0800. The molecule has 4 aromatic rings. The number of amides is 2. The van der Waals surface area contributed by atoms with E-state index in [9.17, 15) is 9.59 Å². The van der Waals surface area contributed by atoms with Crippen LogP contribution in [0.3, 0.4) is 0 Å². The lowest BCUT2D eigenvalue weighted by atomic mass is 10.0. The van der Waals surface area contributed by atoms with E-state index >= 15 is 0 Å². The zero-order valence-corrected chi connectivity index (χ0v) is 16.8. The number of carbonyl (C=O) groups is 2. The number of fused-ring (bicyclic) bond motifs is 1. The molecule has 0 unspecified atom stereocenters. The molecule has 0 saturated carbocycles. The Morgan fingerprint density at radius 1 is 0.733 bits per heavy atom. The molecule has 0 bridgehead atoms. The Bertz CT molecular complexity index is 1250. The molecule has 1 aromatic heterocycles. The summed E-state index contributed by atoms with van der Waals surface area (Å²) in [6.07, 6.45) is 0. The van der Waals surface area contributed by atoms with Gasteiger partial charge in [-0.2, -0.15) is 0 Å². The minimum absolute atomic E-state index is 0.359. The molecule has 2 N–H and O–H groups in total. The van der Waals surface area contributed by atoms with Gasteiger partial charge in [-0.1, -0.05) is 66.2 Å². The molecule has 148 valence electrons. The second kappa shape index (κ2) is 8.17. The number of aromatic nitrogens is 1. The van der Waals surface area contributed by atoms with Crippen LogP contribution in [0.1, 0.15) is 31.8 Å². The maximum absolute atomic E-state index is 13.0. The van der Waals surface area contributed by atoms with Gasteiger partial charge in [-0.25, -0.2) is 4.98 Å². The minimum atomic E-state index is -0.399. The second-order valence-corrected chi connectivity index (χ2v) is 7.16. The Morgan fingerprint density at radius 2 is 1.40 bits per heavy atom. The summed E-state index contributed by atoms with van der Waals surface area (Å²) in [4.78, 5) is 30.2. The van der Waals surface area contributed by atoms with Gasteiger partial charge in [0.05, 0.1) is 16.8 Å². The van der Waals surface area contributed by atoms with Gasteiger partial charge < -0.3 is 0 Å². The first-order chi connectivity index (χ1) is 14.5. The summed E-state index contributed by atoms with van der Waals surface area (Å²) in [5, 5.41) is 0.718. The van der Waals surface area contributed by atoms with Gasteiger partial charge in [0.2, 0.25) is 0 Å². The third kappa shape index (κ3) is 3.91. The van der Waals surface area contributed by atoms with Crippen LogP contribution < -0.4 is 10.9 Å². The van der Waals surface area contributed by atoms with Crippen molar-refractivity contribution >= 4 is 22.7 Å². The first-order valence-corrected chi connectivity index (χ1v) is 9.66. The smallest absolute Gasteiger partial charge is 0.267 e. The molecule has 1 heterocycles. The van der Waals surface area contributed by atoms with E-state index in [1.165, 1.54) is 0 Å². The summed E-state index contributed by atoms with van der Waals surface area (Å²) in [5.41, 5.74) is 10.3. The summed E-state index contributed by atoms with van der Waals surface area (Å²) in [7, 11) is 0. The third-order valence-corrected chi connectivity index (χ3v) is 4.95. The molecule has 3 aromatic carbocycles. The molecule has 0 saturated heterocycles. The van der Waals surface area contributed by atoms with Crippen molar-refractivity contribution in [3.8, 4) is 11.3 Å². The Balaban J connectivity index is 1.63. The molecule has 2 amide bonds. The van der Waals surface area contributed by atoms with Crippen LogP contribution in [0.25, 0.3) is 22.2 Å². The van der Waals surface area contributed by atoms with Crippen LogP contribution in [0.4, 0.5) is 0 Å². The Labute approximate surface area is 174 Å². The quantitative estimate of drug-likeness (QED) is 0.498. The summed E-state index contributed by atoms with van der Waals surface area (Å²) >= 11 is 0. The molecule has 0 aliphatic heterocycles. The average molecular weight is 395 g/mol. The van der Waals surface area contributed by atoms with Crippen LogP contribution in [0.5, 0.6) is 0 Å². The van der Waals surface area contributed by atoms with Gasteiger partial charge >= 0.3 is 0 Å². The summed E-state index contributed by atoms with van der Waals surface area (Å²) in [6.45, 7) is 3.83. The number of hydrazine groups is 1. The number of nitrogens with zero attached hydrogens (tertiary/aromatic N) is 1. The number of benzene rings is 3. The number of hydrogen-bond acceptors (Lipinski definition) is 3. The number of carbonyl (C=O) groups excluding carboxylic acids is 2. The lowest BCUT2D eigenvalue weighted by Gasteiger charge is -2.12. The van der Waals surface area contributed by atoms with Crippen molar-refractivity contribution in [2.24, 2.45) is 0 Å². The number of hydrogen-bond donors (Lipinski definition) is 2. The van der Waals surface area contributed by atoms with Crippen LogP contribution in [0.15, 0.2) is 78.9 Å². The van der Waals surface area contributed by atoms with Gasteiger partial charge in [0.1, 0.15) is 0 Å². The van der Waals surface area contributed by atoms with Crippen molar-refractivity contribution in [3.63, 3.8) is 0 Å². The van der Waals surface area contributed by atoms with E-state index in [2.05, 4.69) is 15.8 Å². The highest BCUT2D eigenvalue weighted by atomic mass is 16.2. The molecule has 0 radical (unpaired) electrons. The highest BCUT2D eigenvalue weighted by Crippen LogP contribution is 2.24. The highest BCUT2D eigenvalue weighted by molar-refractivity contribution is 6.08. The van der Waals surface area contributed by atoms with Gasteiger partial charge in [0.25, 0.3) is 11.8 Å². The van der Waals surface area contributed by atoms with Gasteiger partial charge in [-0.15, -0.1) is 0 Å². The van der Waals surface area contributed by atoms with Gasteiger partial charge in [-0.05, 0) is 37.6 Å². The lowest BCUT2D eigenvalue weighted by Crippen LogP contribution is -2.42. The third-order valence-electron chi connectivity index (χ3n) is 4.95. The fourth-order valence-corrected chi connectivity index (χ4v) is 3.44. The number of nitrogens with one attached hydrogen (secondary N) is 2. The number of pyridine rings is 1. The molecule has 0 aliphatic carbocycles. The van der Waals surface area contributed by atoms with Crippen LogP contribution in [-0.4, -0.2) is 16.8 Å². The molecule has 5 nitrogen and oxygen atoms in total. The summed E-state index contributed by atoms with van der Waals surface area (Å²) in [5.74, 6) is -0.758. The molecule has 4 rings (SSSR count). The predicted molar refractivity (Wildman–Crippen MR) is 118 cm³/mol. The van der Waals surface area contributed by atoms with Crippen LogP contribution in [-0.2, 0) is 0 Å². The van der Waals surface area contributed by atoms with Crippen molar-refractivity contribution in [2.45, 2.75) is 13.8 Å². The molecule has 5 heteroatoms. The normalized spacial score (nSPS) is 10.6. The van der Waals surface area contributed by atoms with Crippen molar-refractivity contribution in [3.05, 3.63) is 101 Å². The molecule has 0 atom stereocenters. The van der Waals surface area contributed by atoms with E-state index in [1.54, 1.807) is 12.1 Å². The van der Waals surface area contributed by atoms with Gasteiger partial charge in [-0.3, -0.25) is 20.4 Å². The van der Waals surface area contributed by atoms with Gasteiger partial charge in [0.15, 0.2) is 0 Å². The van der Waals surface area contributed by atoms with E-state index in [1.807, 2.05) is 80.6 Å². The first-order valence-electron chi connectivity index (χ1n) is 9.66. The first kappa shape index (κ1) is 19.3. The minimum Gasteiger partial charge on any atom is -0.267 e. The Kier molecular flexibility index (Phi) is 5.26.